The number of hydrogen-bond acceptors (Lipinski definition) is 8. The molecule has 0 aliphatic heterocycles. The molecule has 3 aromatic carbocycles. The number of carbonyl (C=O) groups excluding carboxylic acids is 1. The second kappa shape index (κ2) is 15.3. The number of benzene rings is 3. The van der Waals surface area contributed by atoms with Gasteiger partial charge < -0.3 is 19.3 Å². The number of aromatic hydroxyl groups is 1. The van der Waals surface area contributed by atoms with Crippen molar-refractivity contribution in [2.75, 3.05) is 19.9 Å². The molecule has 0 amide bonds. The number of esters is 1. The van der Waals surface area contributed by atoms with Crippen LogP contribution in [0, 0.1) is 30.5 Å². The molecule has 1 atom stereocenters. The zero-order chi connectivity index (χ0) is 34.3. The molecule has 10 heteroatoms. The number of carbonyl (C=O) groups is 1. The Morgan fingerprint density at radius 1 is 0.826 bits per heavy atom. The van der Waals surface area contributed by atoms with Crippen molar-refractivity contribution < 1.29 is 42.1 Å². The molecule has 0 bridgehead atoms. The van der Waals surface area contributed by atoms with Crippen molar-refractivity contribution in [1.29, 1.82) is 0 Å². The van der Waals surface area contributed by atoms with Crippen molar-refractivity contribution in [1.82, 2.24) is 0 Å². The maximum absolute atomic E-state index is 13.6. The minimum Gasteiger partial charge on any atom is -0.508 e. The van der Waals surface area contributed by atoms with Crippen LogP contribution >= 0.6 is 7.60 Å². The van der Waals surface area contributed by atoms with Crippen LogP contribution < -0.4 is 4.74 Å². The summed E-state index contributed by atoms with van der Waals surface area (Å²) in [5, 5.41) is 10.4. The maximum Gasteiger partial charge on any atom is 0.373 e. The zero-order valence-corrected chi connectivity index (χ0v) is 29.0. The van der Waals surface area contributed by atoms with Gasteiger partial charge in [-0.2, -0.15) is 0 Å². The Kier molecular flexibility index (Phi) is 12.2. The van der Waals surface area contributed by atoms with Gasteiger partial charge in [0.2, 0.25) is 6.79 Å². The van der Waals surface area contributed by atoms with E-state index in [-0.39, 0.29) is 17.0 Å². The lowest BCUT2D eigenvalue weighted by Crippen LogP contribution is -2.24. The highest BCUT2D eigenvalue weighted by atomic mass is 31.2. The van der Waals surface area contributed by atoms with Gasteiger partial charge >= 0.3 is 13.6 Å². The van der Waals surface area contributed by atoms with Gasteiger partial charge in [0.25, 0.3) is 0 Å². The summed E-state index contributed by atoms with van der Waals surface area (Å²) in [5.41, 5.74) is 4.50. The first-order valence-electron chi connectivity index (χ1n) is 15.0. The summed E-state index contributed by atoms with van der Waals surface area (Å²) in [6, 6.07) is 15.4. The van der Waals surface area contributed by atoms with Crippen LogP contribution in [0.3, 0.4) is 0 Å². The molecule has 0 aliphatic rings. The zero-order valence-electron chi connectivity index (χ0n) is 28.1. The quantitative estimate of drug-likeness (QED) is 0.0795. The van der Waals surface area contributed by atoms with Crippen LogP contribution in [0.4, 0.5) is 4.39 Å². The Labute approximate surface area is 272 Å². The van der Waals surface area contributed by atoms with E-state index in [2.05, 4.69) is 6.58 Å². The van der Waals surface area contributed by atoms with Gasteiger partial charge in [0.1, 0.15) is 17.3 Å². The van der Waals surface area contributed by atoms with E-state index in [0.29, 0.717) is 24.4 Å². The lowest BCUT2D eigenvalue weighted by Gasteiger charge is -2.24. The van der Waals surface area contributed by atoms with Gasteiger partial charge in [0.05, 0.1) is 11.2 Å². The topological polar surface area (TPSA) is 101 Å². The van der Waals surface area contributed by atoms with E-state index in [1.54, 1.807) is 39.0 Å². The van der Waals surface area contributed by atoms with Crippen LogP contribution in [-0.2, 0) is 40.7 Å². The molecule has 0 saturated carbocycles. The molecule has 250 valence electrons. The summed E-state index contributed by atoms with van der Waals surface area (Å²) >= 11 is 0. The van der Waals surface area contributed by atoms with Crippen LogP contribution in [0.5, 0.6) is 11.5 Å². The van der Waals surface area contributed by atoms with Crippen LogP contribution in [0.2, 0.25) is 0 Å². The van der Waals surface area contributed by atoms with Crippen molar-refractivity contribution in [3.05, 3.63) is 106 Å². The predicted octanol–water partition coefficient (Wildman–Crippen LogP) is 8.97. The standard InChI is InChI=1S/C36H46FO8P/c1-24-16-31(43-23-46(40,44-21-41-26(3)35(4,5)6)45-22-42-34(39)36(7,8)9)17-25(2)32(24)20-28-12-15-33(38)29(19-28)18-27-10-13-30(37)14-11-27/h10-17,19,38H,3,18,20-23H2,1-2,4-9H3. The molecule has 0 saturated heterocycles. The molecule has 0 fully saturated rings. The second-order valence-electron chi connectivity index (χ2n) is 13.4. The van der Waals surface area contributed by atoms with E-state index in [1.807, 2.05) is 58.9 Å². The lowest BCUT2D eigenvalue weighted by molar-refractivity contribution is -0.160. The monoisotopic (exact) mass is 656 g/mol. The molecule has 0 aromatic heterocycles. The van der Waals surface area contributed by atoms with Gasteiger partial charge in [-0.15, -0.1) is 0 Å². The van der Waals surface area contributed by atoms with Crippen LogP contribution in [0.25, 0.3) is 0 Å². The van der Waals surface area contributed by atoms with Crippen LogP contribution in [-0.4, -0.2) is 31.0 Å². The summed E-state index contributed by atoms with van der Waals surface area (Å²) < 4.78 is 54.5. The Hall–Kier alpha value is -3.65. The third kappa shape index (κ3) is 11.0. The second-order valence-corrected chi connectivity index (χ2v) is 15.4. The third-order valence-corrected chi connectivity index (χ3v) is 8.71. The van der Waals surface area contributed by atoms with E-state index in [0.717, 1.165) is 33.4 Å². The normalized spacial score (nSPS) is 13.2. The van der Waals surface area contributed by atoms with Gasteiger partial charge in [-0.3, -0.25) is 18.4 Å². The largest absolute Gasteiger partial charge is 0.508 e. The number of phenolic OH excluding ortho intramolecular Hbond substituents is 1. The smallest absolute Gasteiger partial charge is 0.373 e. The number of phenols is 1. The minimum atomic E-state index is -3.95. The number of allylic oxidation sites excluding steroid dienone is 1. The Morgan fingerprint density at radius 2 is 1.39 bits per heavy atom. The first-order valence-corrected chi connectivity index (χ1v) is 16.7. The van der Waals surface area contributed by atoms with Crippen molar-refractivity contribution in [2.24, 2.45) is 10.8 Å². The Balaban J connectivity index is 1.72. The first-order chi connectivity index (χ1) is 21.4. The highest BCUT2D eigenvalue weighted by Gasteiger charge is 2.30. The molecule has 46 heavy (non-hydrogen) atoms. The summed E-state index contributed by atoms with van der Waals surface area (Å²) in [5.74, 6) is 0.259. The van der Waals surface area contributed by atoms with E-state index in [1.165, 1.54) is 12.1 Å². The van der Waals surface area contributed by atoms with Crippen molar-refractivity contribution in [2.45, 2.75) is 68.2 Å². The van der Waals surface area contributed by atoms with Crippen molar-refractivity contribution >= 4 is 13.6 Å². The first kappa shape index (κ1) is 36.8. The predicted molar refractivity (Wildman–Crippen MR) is 176 cm³/mol. The Bertz CT molecular complexity index is 1510. The van der Waals surface area contributed by atoms with Gasteiger partial charge in [0, 0.05) is 11.8 Å². The summed E-state index contributed by atoms with van der Waals surface area (Å²) in [4.78, 5) is 12.2. The van der Waals surface area contributed by atoms with Gasteiger partial charge in [-0.05, 0) is 105 Å². The average molecular weight is 657 g/mol. The average Bonchev–Trinajstić information content (AvgIpc) is 2.95. The number of ether oxygens (including phenoxy) is 3. The van der Waals surface area contributed by atoms with E-state index in [4.69, 9.17) is 23.3 Å². The SMILES string of the molecule is C=C(OCOP(=O)(COc1cc(C)c(Cc2ccc(O)c(Cc3ccc(F)cc3)c2)c(C)c1)OCOC(=O)C(C)(C)C)C(C)(C)C. The molecule has 0 aliphatic carbocycles. The van der Waals surface area contributed by atoms with Crippen molar-refractivity contribution in [3.63, 3.8) is 0 Å². The van der Waals surface area contributed by atoms with Crippen molar-refractivity contribution in [3.8, 4) is 11.5 Å². The van der Waals surface area contributed by atoms with Gasteiger partial charge in [0.15, 0.2) is 13.1 Å². The van der Waals surface area contributed by atoms with Crippen LogP contribution in [0.15, 0.2) is 66.9 Å². The summed E-state index contributed by atoms with van der Waals surface area (Å²) in [6.45, 7) is 17.7. The highest BCUT2D eigenvalue weighted by Crippen LogP contribution is 2.48. The molecule has 1 N–H and O–H groups in total. The maximum atomic E-state index is 13.6. The summed E-state index contributed by atoms with van der Waals surface area (Å²) in [6.07, 6.45) is 0.627. The number of halogens is 1. The number of aryl methyl sites for hydroxylation is 2. The molecule has 3 rings (SSSR count). The van der Waals surface area contributed by atoms with Crippen LogP contribution in [0.1, 0.15) is 74.9 Å². The van der Waals surface area contributed by atoms with Gasteiger partial charge in [-0.1, -0.05) is 51.6 Å². The fraction of sp³-hybridized carbons (Fsp3) is 0.417. The number of rotatable bonds is 14. The summed E-state index contributed by atoms with van der Waals surface area (Å²) in [7, 11) is -3.95. The molecule has 3 aromatic rings. The molecule has 0 spiro atoms. The third-order valence-electron chi connectivity index (χ3n) is 7.26. The van der Waals surface area contributed by atoms with E-state index in [9.17, 15) is 18.9 Å². The molecule has 1 unspecified atom stereocenters. The number of hydrogen-bond donors (Lipinski definition) is 1. The minimum absolute atomic E-state index is 0.181. The molecular weight excluding hydrogens is 610 g/mol. The highest BCUT2D eigenvalue weighted by molar-refractivity contribution is 7.53. The molecule has 0 radical (unpaired) electrons. The molecular formula is C36H46FO8P. The van der Waals surface area contributed by atoms with E-state index < -0.39 is 38.9 Å². The Morgan fingerprint density at radius 3 is 1.96 bits per heavy atom. The molecule has 8 nitrogen and oxygen atoms in total. The fourth-order valence-electron chi connectivity index (χ4n) is 4.27. The van der Waals surface area contributed by atoms with E-state index >= 15 is 0 Å². The van der Waals surface area contributed by atoms with Gasteiger partial charge in [-0.25, -0.2) is 4.39 Å². The lowest BCUT2D eigenvalue weighted by atomic mass is 9.93. The molecule has 0 heterocycles. The fourth-order valence-corrected chi connectivity index (χ4v) is 5.23.